The zero-order chi connectivity index (χ0) is 9.07. The molecule has 0 saturated heterocycles. The zero-order valence-corrected chi connectivity index (χ0v) is 7.54. The lowest BCUT2D eigenvalue weighted by molar-refractivity contribution is -0.0365. The second kappa shape index (κ2) is 3.88. The molecule has 2 nitrogen and oxygen atoms in total. The highest BCUT2D eigenvalue weighted by atomic mass is 16.3. The maximum atomic E-state index is 9.52. The fourth-order valence-corrected chi connectivity index (χ4v) is 0.740. The van der Waals surface area contributed by atoms with Crippen LogP contribution in [-0.2, 0) is 0 Å². The van der Waals surface area contributed by atoms with Crippen LogP contribution in [0.4, 0.5) is 0 Å². The van der Waals surface area contributed by atoms with E-state index in [9.17, 15) is 10.2 Å². The van der Waals surface area contributed by atoms with E-state index in [4.69, 9.17) is 0 Å². The Morgan fingerprint density at radius 2 is 1.91 bits per heavy atom. The van der Waals surface area contributed by atoms with Crippen LogP contribution in [0.3, 0.4) is 0 Å². The quantitative estimate of drug-likeness (QED) is 0.606. The van der Waals surface area contributed by atoms with Crippen molar-refractivity contribution in [2.45, 2.75) is 39.4 Å². The summed E-state index contributed by atoms with van der Waals surface area (Å²) >= 11 is 0. The largest absolute Gasteiger partial charge is 0.393 e. The normalized spacial score (nSPS) is 17.5. The Morgan fingerprint density at radius 3 is 2.18 bits per heavy atom. The standard InChI is InChI=1S/C9H18O2/c1-5-6-8(11)9(3,4)7(2)10/h5,7-8,10-11H,1,6H2,2-4H3. The van der Waals surface area contributed by atoms with Gasteiger partial charge in [0.2, 0.25) is 0 Å². The van der Waals surface area contributed by atoms with Gasteiger partial charge >= 0.3 is 0 Å². The molecule has 0 aromatic carbocycles. The van der Waals surface area contributed by atoms with Crippen LogP contribution < -0.4 is 0 Å². The molecule has 0 aliphatic heterocycles. The number of hydrogen-bond donors (Lipinski definition) is 2. The van der Waals surface area contributed by atoms with Crippen LogP contribution in [0.25, 0.3) is 0 Å². The predicted octanol–water partition coefficient (Wildman–Crippen LogP) is 1.33. The molecule has 0 bridgehead atoms. The number of aliphatic hydroxyl groups is 2. The van der Waals surface area contributed by atoms with Crippen molar-refractivity contribution in [3.63, 3.8) is 0 Å². The van der Waals surface area contributed by atoms with E-state index in [0.717, 1.165) is 0 Å². The Morgan fingerprint density at radius 1 is 1.45 bits per heavy atom. The lowest BCUT2D eigenvalue weighted by Gasteiger charge is -2.32. The lowest BCUT2D eigenvalue weighted by Crippen LogP contribution is -2.38. The highest BCUT2D eigenvalue weighted by Crippen LogP contribution is 2.27. The van der Waals surface area contributed by atoms with Crippen LogP contribution in [0.5, 0.6) is 0 Å². The molecule has 0 fully saturated rings. The van der Waals surface area contributed by atoms with E-state index in [0.29, 0.717) is 6.42 Å². The molecule has 2 heteroatoms. The van der Waals surface area contributed by atoms with Crippen LogP contribution in [0.15, 0.2) is 12.7 Å². The second-order valence-corrected chi connectivity index (χ2v) is 3.54. The molecular weight excluding hydrogens is 140 g/mol. The minimum Gasteiger partial charge on any atom is -0.393 e. The summed E-state index contributed by atoms with van der Waals surface area (Å²) in [6, 6.07) is 0. The van der Waals surface area contributed by atoms with Crippen molar-refractivity contribution in [3.8, 4) is 0 Å². The zero-order valence-electron chi connectivity index (χ0n) is 7.54. The van der Waals surface area contributed by atoms with Gasteiger partial charge in [0, 0.05) is 5.41 Å². The summed E-state index contributed by atoms with van der Waals surface area (Å²) in [7, 11) is 0. The van der Waals surface area contributed by atoms with Crippen LogP contribution in [-0.4, -0.2) is 22.4 Å². The van der Waals surface area contributed by atoms with Crippen molar-refractivity contribution in [3.05, 3.63) is 12.7 Å². The van der Waals surface area contributed by atoms with Gasteiger partial charge in [-0.1, -0.05) is 19.9 Å². The molecule has 0 aromatic heterocycles. The molecule has 0 radical (unpaired) electrons. The smallest absolute Gasteiger partial charge is 0.0649 e. The Balaban J connectivity index is 4.16. The molecule has 2 N–H and O–H groups in total. The maximum absolute atomic E-state index is 9.52. The van der Waals surface area contributed by atoms with E-state index in [-0.39, 0.29) is 0 Å². The average molecular weight is 158 g/mol. The third-order valence-electron chi connectivity index (χ3n) is 2.33. The number of aliphatic hydroxyl groups excluding tert-OH is 2. The summed E-state index contributed by atoms with van der Waals surface area (Å²) in [5, 5.41) is 18.8. The highest BCUT2D eigenvalue weighted by molar-refractivity contribution is 4.86. The van der Waals surface area contributed by atoms with E-state index < -0.39 is 17.6 Å². The molecule has 11 heavy (non-hydrogen) atoms. The molecule has 2 atom stereocenters. The minimum absolute atomic E-state index is 0.450. The van der Waals surface area contributed by atoms with E-state index in [1.807, 2.05) is 13.8 Å². The van der Waals surface area contributed by atoms with Crippen LogP contribution in [0, 0.1) is 5.41 Å². The van der Waals surface area contributed by atoms with Crippen LogP contribution in [0.1, 0.15) is 27.2 Å². The molecule has 0 aliphatic carbocycles. The third-order valence-corrected chi connectivity index (χ3v) is 2.33. The van der Waals surface area contributed by atoms with E-state index in [1.165, 1.54) is 0 Å². The van der Waals surface area contributed by atoms with Gasteiger partial charge in [-0.2, -0.15) is 0 Å². The molecule has 0 heterocycles. The minimum atomic E-state index is -0.514. The van der Waals surface area contributed by atoms with Crippen molar-refractivity contribution in [1.29, 1.82) is 0 Å². The Kier molecular flexibility index (Phi) is 3.76. The summed E-state index contributed by atoms with van der Waals surface area (Å²) < 4.78 is 0. The maximum Gasteiger partial charge on any atom is 0.0649 e. The molecule has 0 saturated carbocycles. The molecule has 0 rings (SSSR count). The fourth-order valence-electron chi connectivity index (χ4n) is 0.740. The predicted molar refractivity (Wildman–Crippen MR) is 46.3 cm³/mol. The summed E-state index contributed by atoms with van der Waals surface area (Å²) in [5.41, 5.74) is -0.450. The molecule has 66 valence electrons. The topological polar surface area (TPSA) is 40.5 Å². The van der Waals surface area contributed by atoms with Gasteiger partial charge in [-0.15, -0.1) is 6.58 Å². The van der Waals surface area contributed by atoms with Gasteiger partial charge in [0.1, 0.15) is 0 Å². The Bertz CT molecular complexity index is 128. The SMILES string of the molecule is C=CCC(O)C(C)(C)C(C)O. The van der Waals surface area contributed by atoms with E-state index >= 15 is 0 Å². The van der Waals surface area contributed by atoms with Crippen molar-refractivity contribution in [1.82, 2.24) is 0 Å². The van der Waals surface area contributed by atoms with Crippen LogP contribution >= 0.6 is 0 Å². The van der Waals surface area contributed by atoms with Crippen LogP contribution in [0.2, 0.25) is 0 Å². The molecular formula is C9H18O2. The number of hydrogen-bond acceptors (Lipinski definition) is 2. The second-order valence-electron chi connectivity index (χ2n) is 3.54. The molecule has 0 spiro atoms. The molecule has 0 aromatic rings. The van der Waals surface area contributed by atoms with Gasteiger partial charge in [0.25, 0.3) is 0 Å². The monoisotopic (exact) mass is 158 g/mol. The van der Waals surface area contributed by atoms with Gasteiger partial charge in [-0.3, -0.25) is 0 Å². The van der Waals surface area contributed by atoms with Crippen molar-refractivity contribution < 1.29 is 10.2 Å². The third kappa shape index (κ3) is 2.64. The fraction of sp³-hybridized carbons (Fsp3) is 0.778. The summed E-state index contributed by atoms with van der Waals surface area (Å²) in [6.45, 7) is 8.90. The summed E-state index contributed by atoms with van der Waals surface area (Å²) in [5.74, 6) is 0. The summed E-state index contributed by atoms with van der Waals surface area (Å²) in [6.07, 6.45) is 1.17. The van der Waals surface area contributed by atoms with Gasteiger partial charge in [-0.25, -0.2) is 0 Å². The first-order valence-corrected chi connectivity index (χ1v) is 3.90. The van der Waals surface area contributed by atoms with Gasteiger partial charge in [0.15, 0.2) is 0 Å². The first-order chi connectivity index (χ1) is 4.92. The molecule has 0 amide bonds. The van der Waals surface area contributed by atoms with E-state index in [2.05, 4.69) is 6.58 Å². The first kappa shape index (κ1) is 10.7. The Labute approximate surface area is 68.6 Å². The lowest BCUT2D eigenvalue weighted by atomic mass is 9.80. The molecule has 0 aliphatic rings. The van der Waals surface area contributed by atoms with Crippen molar-refractivity contribution in [2.75, 3.05) is 0 Å². The van der Waals surface area contributed by atoms with Crippen molar-refractivity contribution in [2.24, 2.45) is 5.41 Å². The first-order valence-electron chi connectivity index (χ1n) is 3.90. The van der Waals surface area contributed by atoms with E-state index in [1.54, 1.807) is 13.0 Å². The summed E-state index contributed by atoms with van der Waals surface area (Å²) in [4.78, 5) is 0. The average Bonchev–Trinajstić information content (AvgIpc) is 1.88. The molecule has 2 unspecified atom stereocenters. The van der Waals surface area contributed by atoms with Gasteiger partial charge in [0.05, 0.1) is 12.2 Å². The number of rotatable bonds is 4. The highest BCUT2D eigenvalue weighted by Gasteiger charge is 2.31. The van der Waals surface area contributed by atoms with Gasteiger partial charge in [-0.05, 0) is 13.3 Å². The van der Waals surface area contributed by atoms with Gasteiger partial charge < -0.3 is 10.2 Å². The van der Waals surface area contributed by atoms with Crippen molar-refractivity contribution >= 4 is 0 Å². The Hall–Kier alpha value is -0.340.